The Hall–Kier alpha value is -0.870. The summed E-state index contributed by atoms with van der Waals surface area (Å²) in [5.74, 6) is 0.455. The molecule has 3 aliphatic rings. The van der Waals surface area contributed by atoms with Gasteiger partial charge in [0.05, 0.1) is 11.7 Å². The van der Waals surface area contributed by atoms with Crippen LogP contribution in [-0.4, -0.2) is 34.5 Å². The highest BCUT2D eigenvalue weighted by Crippen LogP contribution is 2.65. The molecule has 148 valence electrons. The van der Waals surface area contributed by atoms with Crippen LogP contribution in [-0.2, 0) is 14.3 Å². The van der Waals surface area contributed by atoms with E-state index in [0.29, 0.717) is 5.92 Å². The van der Waals surface area contributed by atoms with Gasteiger partial charge in [-0.15, -0.1) is 6.58 Å². The lowest BCUT2D eigenvalue weighted by atomic mass is 9.43. The van der Waals surface area contributed by atoms with E-state index in [9.17, 15) is 9.90 Å². The minimum absolute atomic E-state index is 0.0661. The second kappa shape index (κ2) is 6.07. The summed E-state index contributed by atoms with van der Waals surface area (Å²) >= 11 is 0. The van der Waals surface area contributed by atoms with Crippen molar-refractivity contribution in [2.75, 3.05) is 0 Å². The van der Waals surface area contributed by atoms with Crippen LogP contribution in [0, 0.1) is 22.7 Å². The van der Waals surface area contributed by atoms with Crippen molar-refractivity contribution in [3.8, 4) is 0 Å². The van der Waals surface area contributed by atoms with E-state index in [-0.39, 0.29) is 40.5 Å². The van der Waals surface area contributed by atoms with Gasteiger partial charge in [-0.2, -0.15) is 0 Å². The summed E-state index contributed by atoms with van der Waals surface area (Å²) < 4.78 is 12.4. The summed E-state index contributed by atoms with van der Waals surface area (Å²) in [5, 5.41) is 10.6. The van der Waals surface area contributed by atoms with Crippen molar-refractivity contribution in [3.05, 3.63) is 12.7 Å². The Morgan fingerprint density at radius 3 is 2.38 bits per heavy atom. The maximum atomic E-state index is 11.7. The molecule has 0 radical (unpaired) electrons. The Balaban J connectivity index is 2.00. The number of rotatable bonds is 2. The van der Waals surface area contributed by atoms with Crippen LogP contribution in [0.1, 0.15) is 73.6 Å². The maximum absolute atomic E-state index is 11.7. The van der Waals surface area contributed by atoms with Crippen molar-refractivity contribution in [1.29, 1.82) is 0 Å². The van der Waals surface area contributed by atoms with Crippen LogP contribution in [0.25, 0.3) is 0 Å². The Bertz CT molecular complexity index is 599. The summed E-state index contributed by atoms with van der Waals surface area (Å²) in [6.07, 6.45) is 5.84. The van der Waals surface area contributed by atoms with E-state index < -0.39 is 5.60 Å². The van der Waals surface area contributed by atoms with Gasteiger partial charge in [0.15, 0.2) is 0 Å². The zero-order valence-corrected chi connectivity index (χ0v) is 17.3. The lowest BCUT2D eigenvalue weighted by molar-refractivity contribution is -0.290. The monoisotopic (exact) mass is 364 g/mol. The number of aliphatic hydroxyl groups excluding tert-OH is 1. The molecule has 1 heterocycles. The fraction of sp³-hybridized carbons (Fsp3) is 0.864. The van der Waals surface area contributed by atoms with Gasteiger partial charge in [-0.25, -0.2) is 0 Å². The third-order valence-corrected chi connectivity index (χ3v) is 8.23. The van der Waals surface area contributed by atoms with Crippen LogP contribution >= 0.6 is 0 Å². The summed E-state index contributed by atoms with van der Waals surface area (Å²) in [6, 6.07) is 0. The number of hydrogen-bond donors (Lipinski definition) is 1. The molecule has 0 bridgehead atoms. The fourth-order valence-electron chi connectivity index (χ4n) is 6.69. The van der Waals surface area contributed by atoms with Gasteiger partial charge in [0, 0.05) is 6.92 Å². The molecule has 3 fully saturated rings. The van der Waals surface area contributed by atoms with Gasteiger partial charge in [0.1, 0.15) is 11.7 Å². The predicted molar refractivity (Wildman–Crippen MR) is 102 cm³/mol. The van der Waals surface area contributed by atoms with Crippen LogP contribution in [0.2, 0.25) is 0 Å². The number of esters is 1. The molecule has 0 aromatic carbocycles. The summed E-state index contributed by atoms with van der Waals surface area (Å²) in [5.41, 5.74) is -0.964. The third-order valence-electron chi connectivity index (χ3n) is 8.23. The van der Waals surface area contributed by atoms with E-state index in [0.717, 1.165) is 32.1 Å². The molecular formula is C22H36O4. The first-order chi connectivity index (χ1) is 11.9. The van der Waals surface area contributed by atoms with Gasteiger partial charge in [-0.3, -0.25) is 4.79 Å². The van der Waals surface area contributed by atoms with E-state index >= 15 is 0 Å². The first kappa shape index (κ1) is 19.9. The molecule has 0 amide bonds. The number of carbonyl (C=O) groups is 1. The molecular weight excluding hydrogens is 328 g/mol. The highest BCUT2D eigenvalue weighted by Gasteiger charge is 2.65. The van der Waals surface area contributed by atoms with Crippen molar-refractivity contribution >= 4 is 5.97 Å². The number of carbonyl (C=O) groups excluding carboxylic acids is 1. The summed E-state index contributed by atoms with van der Waals surface area (Å²) in [7, 11) is 0. The van der Waals surface area contributed by atoms with E-state index in [1.165, 1.54) is 6.92 Å². The predicted octanol–water partition coefficient (Wildman–Crippen LogP) is 4.26. The standard InChI is InChI=1S/C22H36O4/c1-8-21(6)18(25-14(2)23)13-16-20(5)11-10-17(24)19(3,4)15(20)9-12-22(16,7)26-21/h8,15-18,24H,1,9-13H2,2-7H3/t15?,16?,17-,18+,20-,21+,22+/m1/s1. The minimum atomic E-state index is -0.663. The fourth-order valence-corrected chi connectivity index (χ4v) is 6.69. The lowest BCUT2D eigenvalue weighted by Crippen LogP contribution is -2.67. The minimum Gasteiger partial charge on any atom is -0.459 e. The maximum Gasteiger partial charge on any atom is 0.303 e. The second-order valence-electron chi connectivity index (χ2n) is 10.2. The lowest BCUT2D eigenvalue weighted by Gasteiger charge is -2.66. The van der Waals surface area contributed by atoms with E-state index in [2.05, 4.69) is 34.3 Å². The zero-order valence-electron chi connectivity index (χ0n) is 17.3. The smallest absolute Gasteiger partial charge is 0.303 e. The Morgan fingerprint density at radius 2 is 1.81 bits per heavy atom. The SMILES string of the molecule is C=C[C@]1(C)O[C@@]2(C)CCC3C(C)(C)[C@H](O)CC[C@@]3(C)C2C[C@@H]1OC(C)=O. The number of aliphatic hydroxyl groups is 1. The Morgan fingerprint density at radius 1 is 1.15 bits per heavy atom. The molecule has 0 aromatic rings. The molecule has 1 saturated heterocycles. The van der Waals surface area contributed by atoms with Crippen LogP contribution in [0.15, 0.2) is 12.7 Å². The van der Waals surface area contributed by atoms with Crippen LogP contribution < -0.4 is 0 Å². The topological polar surface area (TPSA) is 55.8 Å². The molecule has 7 atom stereocenters. The molecule has 4 heteroatoms. The molecule has 0 aromatic heterocycles. The number of ether oxygens (including phenoxy) is 2. The van der Waals surface area contributed by atoms with Crippen LogP contribution in [0.4, 0.5) is 0 Å². The second-order valence-corrected chi connectivity index (χ2v) is 10.2. The highest BCUT2D eigenvalue weighted by molar-refractivity contribution is 5.66. The van der Waals surface area contributed by atoms with E-state index in [4.69, 9.17) is 9.47 Å². The number of fused-ring (bicyclic) bond motifs is 3. The largest absolute Gasteiger partial charge is 0.459 e. The van der Waals surface area contributed by atoms with Crippen molar-refractivity contribution in [3.63, 3.8) is 0 Å². The first-order valence-electron chi connectivity index (χ1n) is 10.1. The number of hydrogen-bond acceptors (Lipinski definition) is 4. The molecule has 4 nitrogen and oxygen atoms in total. The average molecular weight is 365 g/mol. The quantitative estimate of drug-likeness (QED) is 0.588. The molecule has 2 saturated carbocycles. The van der Waals surface area contributed by atoms with Gasteiger partial charge in [0.25, 0.3) is 0 Å². The average Bonchev–Trinajstić information content (AvgIpc) is 2.52. The van der Waals surface area contributed by atoms with E-state index in [1.807, 2.05) is 6.92 Å². The highest BCUT2D eigenvalue weighted by atomic mass is 16.6. The molecule has 0 spiro atoms. The van der Waals surface area contributed by atoms with Crippen molar-refractivity contribution < 1.29 is 19.4 Å². The zero-order chi connectivity index (χ0) is 19.5. The molecule has 1 aliphatic heterocycles. The van der Waals surface area contributed by atoms with Gasteiger partial charge < -0.3 is 14.6 Å². The molecule has 2 aliphatic carbocycles. The molecule has 2 unspecified atom stereocenters. The summed E-state index contributed by atoms with van der Waals surface area (Å²) in [6.45, 7) is 16.4. The van der Waals surface area contributed by atoms with Gasteiger partial charge >= 0.3 is 5.97 Å². The van der Waals surface area contributed by atoms with Gasteiger partial charge in [-0.05, 0) is 68.6 Å². The van der Waals surface area contributed by atoms with Gasteiger partial charge in [-0.1, -0.05) is 26.8 Å². The van der Waals surface area contributed by atoms with Crippen LogP contribution in [0.5, 0.6) is 0 Å². The molecule has 26 heavy (non-hydrogen) atoms. The van der Waals surface area contributed by atoms with Gasteiger partial charge in [0.2, 0.25) is 0 Å². The molecule has 1 N–H and O–H groups in total. The Labute approximate surface area is 158 Å². The van der Waals surface area contributed by atoms with Crippen molar-refractivity contribution in [2.24, 2.45) is 22.7 Å². The van der Waals surface area contributed by atoms with Crippen molar-refractivity contribution in [2.45, 2.75) is 97.1 Å². The van der Waals surface area contributed by atoms with Crippen molar-refractivity contribution in [1.82, 2.24) is 0 Å². The van der Waals surface area contributed by atoms with E-state index in [1.54, 1.807) is 6.08 Å². The summed E-state index contributed by atoms with van der Waals surface area (Å²) in [4.78, 5) is 11.7. The third kappa shape index (κ3) is 2.75. The van der Waals surface area contributed by atoms with Crippen LogP contribution in [0.3, 0.4) is 0 Å². The first-order valence-corrected chi connectivity index (χ1v) is 10.1. The normalized spacial score (nSPS) is 50.3. The Kier molecular flexibility index (Phi) is 4.64. The molecule has 3 rings (SSSR count).